The van der Waals surface area contributed by atoms with Gasteiger partial charge in [0.05, 0.1) is 25.0 Å². The van der Waals surface area contributed by atoms with Crippen LogP contribution in [0.25, 0.3) is 11.0 Å². The van der Waals surface area contributed by atoms with Crippen LogP contribution in [0.15, 0.2) is 60.9 Å². The Labute approximate surface area is 178 Å². The number of sulfonamides is 1. The number of nitrogens with zero attached hydrogens (tertiary/aromatic N) is 2. The molecule has 1 atom stereocenters. The molecule has 30 heavy (non-hydrogen) atoms. The smallest absolute Gasteiger partial charge is 0.208 e. The topological polar surface area (TPSA) is 73.2 Å². The molecule has 1 aliphatic carbocycles. The summed E-state index contributed by atoms with van der Waals surface area (Å²) >= 11 is 0. The van der Waals surface area contributed by atoms with Crippen LogP contribution in [0.3, 0.4) is 0 Å². The predicted octanol–water partition coefficient (Wildman–Crippen LogP) is 3.87. The van der Waals surface area contributed by atoms with Gasteiger partial charge in [-0.1, -0.05) is 30.3 Å². The van der Waals surface area contributed by atoms with Gasteiger partial charge in [0.15, 0.2) is 0 Å². The van der Waals surface area contributed by atoms with Crippen LogP contribution in [0, 0.1) is 0 Å². The summed E-state index contributed by atoms with van der Waals surface area (Å²) in [5.74, 6) is 0.603. The lowest BCUT2D eigenvalue weighted by Crippen LogP contribution is -2.33. The molecule has 0 radical (unpaired) electrons. The van der Waals surface area contributed by atoms with Crippen molar-refractivity contribution in [3.8, 4) is 0 Å². The van der Waals surface area contributed by atoms with Crippen molar-refractivity contribution in [3.63, 3.8) is 0 Å². The Morgan fingerprint density at radius 3 is 2.60 bits per heavy atom. The molecule has 3 aromatic rings. The van der Waals surface area contributed by atoms with Crippen molar-refractivity contribution in [2.24, 2.45) is 0 Å². The van der Waals surface area contributed by atoms with E-state index in [1.807, 2.05) is 29.0 Å². The molecule has 2 aromatic heterocycles. The van der Waals surface area contributed by atoms with E-state index in [0.29, 0.717) is 12.5 Å². The zero-order chi connectivity index (χ0) is 21.0. The van der Waals surface area contributed by atoms with Gasteiger partial charge in [0.25, 0.3) is 0 Å². The van der Waals surface area contributed by atoms with Crippen LogP contribution in [0.2, 0.25) is 0 Å². The first-order chi connectivity index (χ1) is 14.5. The molecule has 0 amide bonds. The molecule has 0 saturated heterocycles. The molecule has 160 valence electrons. The molecule has 1 aromatic carbocycles. The van der Waals surface area contributed by atoms with Gasteiger partial charge in [-0.05, 0) is 55.4 Å². The highest BCUT2D eigenvalue weighted by Gasteiger charge is 2.24. The average molecular weight is 428 g/mol. The molecular formula is C23H29N3O3S. The molecular weight excluding hydrogens is 398 g/mol. The van der Waals surface area contributed by atoms with Crippen LogP contribution in [0.4, 0.5) is 0 Å². The Hall–Kier alpha value is -2.22. The van der Waals surface area contributed by atoms with E-state index in [0.717, 1.165) is 36.7 Å². The standard InChI is InChI=1S/C23H29N3O3S/c1-30(27,28)25-16-21(26-15-13-20-8-5-14-24-23(20)26)17-29-22-11-9-19(10-12-22)18-6-3-2-4-7-18/h2-8,13-15,19,21-22,25H,9-12,16-17H2,1H3/t19-,21?,22+. The van der Waals surface area contributed by atoms with Crippen LogP contribution >= 0.6 is 0 Å². The number of pyridine rings is 1. The molecule has 0 bridgehead atoms. The second-order valence-corrected chi connectivity index (χ2v) is 9.96. The fraction of sp³-hybridized carbons (Fsp3) is 0.435. The highest BCUT2D eigenvalue weighted by atomic mass is 32.2. The van der Waals surface area contributed by atoms with E-state index in [9.17, 15) is 8.42 Å². The second kappa shape index (κ2) is 9.29. The third kappa shape index (κ3) is 5.28. The molecule has 7 heteroatoms. The lowest BCUT2D eigenvalue weighted by Gasteiger charge is -2.30. The van der Waals surface area contributed by atoms with Crippen LogP contribution in [-0.4, -0.2) is 43.5 Å². The van der Waals surface area contributed by atoms with Crippen molar-refractivity contribution >= 4 is 21.1 Å². The zero-order valence-electron chi connectivity index (χ0n) is 17.3. The maximum absolute atomic E-state index is 11.7. The first-order valence-electron chi connectivity index (χ1n) is 10.5. The first-order valence-corrected chi connectivity index (χ1v) is 12.4. The van der Waals surface area contributed by atoms with Crippen molar-refractivity contribution in [3.05, 3.63) is 66.5 Å². The van der Waals surface area contributed by atoms with Gasteiger partial charge in [-0.3, -0.25) is 0 Å². The summed E-state index contributed by atoms with van der Waals surface area (Å²) < 4.78 is 34.3. The van der Waals surface area contributed by atoms with E-state index in [4.69, 9.17) is 4.74 Å². The van der Waals surface area contributed by atoms with Gasteiger partial charge >= 0.3 is 0 Å². The monoisotopic (exact) mass is 427 g/mol. The maximum Gasteiger partial charge on any atom is 0.208 e. The van der Waals surface area contributed by atoms with Gasteiger partial charge in [-0.15, -0.1) is 0 Å². The predicted molar refractivity (Wildman–Crippen MR) is 119 cm³/mol. The summed E-state index contributed by atoms with van der Waals surface area (Å²) in [5.41, 5.74) is 2.25. The van der Waals surface area contributed by atoms with Crippen LogP contribution < -0.4 is 4.72 Å². The van der Waals surface area contributed by atoms with Crippen molar-refractivity contribution in [1.29, 1.82) is 0 Å². The highest BCUT2D eigenvalue weighted by molar-refractivity contribution is 7.88. The summed E-state index contributed by atoms with van der Waals surface area (Å²) in [5, 5.41) is 1.03. The number of benzene rings is 1. The maximum atomic E-state index is 11.7. The fourth-order valence-corrected chi connectivity index (χ4v) is 4.80. The Morgan fingerprint density at radius 2 is 1.87 bits per heavy atom. The molecule has 0 aliphatic heterocycles. The molecule has 1 N–H and O–H groups in total. The Morgan fingerprint density at radius 1 is 1.10 bits per heavy atom. The molecule has 1 fully saturated rings. The van der Waals surface area contributed by atoms with Crippen molar-refractivity contribution < 1.29 is 13.2 Å². The Kier molecular flexibility index (Phi) is 6.51. The molecule has 1 aliphatic rings. The molecule has 1 saturated carbocycles. The Bertz CT molecular complexity index is 1060. The van der Waals surface area contributed by atoms with Crippen molar-refractivity contribution in [1.82, 2.24) is 14.3 Å². The van der Waals surface area contributed by atoms with E-state index in [1.54, 1.807) is 6.20 Å². The largest absolute Gasteiger partial charge is 0.376 e. The Balaban J connectivity index is 1.40. The molecule has 2 heterocycles. The van der Waals surface area contributed by atoms with Gasteiger partial charge in [0.2, 0.25) is 10.0 Å². The molecule has 0 spiro atoms. The first kappa shape index (κ1) is 21.0. The van der Waals surface area contributed by atoms with Gasteiger partial charge in [0, 0.05) is 24.3 Å². The SMILES string of the molecule is CS(=O)(=O)NCC(CO[C@H]1CC[C@@H](c2ccccc2)CC1)n1ccc2cccnc21. The summed E-state index contributed by atoms with van der Waals surface area (Å²) in [4.78, 5) is 4.47. The zero-order valence-corrected chi connectivity index (χ0v) is 18.1. The normalized spacial score (nSPS) is 21.0. The van der Waals surface area contributed by atoms with E-state index in [-0.39, 0.29) is 18.7 Å². The summed E-state index contributed by atoms with van der Waals surface area (Å²) in [6.45, 7) is 0.724. The van der Waals surface area contributed by atoms with Crippen molar-refractivity contribution in [2.45, 2.75) is 43.7 Å². The van der Waals surface area contributed by atoms with Gasteiger partial charge in [-0.2, -0.15) is 0 Å². The van der Waals surface area contributed by atoms with Crippen LogP contribution in [0.1, 0.15) is 43.2 Å². The van der Waals surface area contributed by atoms with E-state index >= 15 is 0 Å². The minimum atomic E-state index is -3.28. The number of hydrogen-bond acceptors (Lipinski definition) is 4. The van der Waals surface area contributed by atoms with E-state index in [2.05, 4.69) is 40.0 Å². The van der Waals surface area contributed by atoms with Crippen LogP contribution in [0.5, 0.6) is 0 Å². The molecule has 6 nitrogen and oxygen atoms in total. The number of rotatable bonds is 8. The molecule has 1 unspecified atom stereocenters. The van der Waals surface area contributed by atoms with E-state index in [1.165, 1.54) is 11.8 Å². The summed E-state index contributed by atoms with van der Waals surface area (Å²) in [6.07, 6.45) is 9.40. The van der Waals surface area contributed by atoms with Crippen LogP contribution in [-0.2, 0) is 14.8 Å². The van der Waals surface area contributed by atoms with Gasteiger partial charge in [0.1, 0.15) is 5.65 Å². The van der Waals surface area contributed by atoms with Crippen molar-refractivity contribution in [2.75, 3.05) is 19.4 Å². The lowest BCUT2D eigenvalue weighted by atomic mass is 9.83. The minimum Gasteiger partial charge on any atom is -0.376 e. The quantitative estimate of drug-likeness (QED) is 0.592. The highest BCUT2D eigenvalue weighted by Crippen LogP contribution is 2.34. The van der Waals surface area contributed by atoms with E-state index < -0.39 is 10.0 Å². The second-order valence-electron chi connectivity index (χ2n) is 8.13. The number of nitrogens with one attached hydrogen (secondary N) is 1. The number of hydrogen-bond donors (Lipinski definition) is 1. The summed E-state index contributed by atoms with van der Waals surface area (Å²) in [6, 6.07) is 16.4. The molecule has 4 rings (SSSR count). The third-order valence-electron chi connectivity index (χ3n) is 5.92. The number of aromatic nitrogens is 2. The summed E-state index contributed by atoms with van der Waals surface area (Å²) in [7, 11) is -3.28. The van der Waals surface area contributed by atoms with Gasteiger partial charge < -0.3 is 9.30 Å². The average Bonchev–Trinajstić information content (AvgIpc) is 3.18. The lowest BCUT2D eigenvalue weighted by molar-refractivity contribution is 0.00842. The third-order valence-corrected chi connectivity index (χ3v) is 6.61. The van der Waals surface area contributed by atoms with Gasteiger partial charge in [-0.25, -0.2) is 18.1 Å². The fourth-order valence-electron chi connectivity index (χ4n) is 4.30. The number of fused-ring (bicyclic) bond motifs is 1. The minimum absolute atomic E-state index is 0.154. The number of ether oxygens (including phenoxy) is 1.